The highest BCUT2D eigenvalue weighted by atomic mass is 16.5. The summed E-state index contributed by atoms with van der Waals surface area (Å²) in [6.07, 6.45) is 3.80. The second-order valence-electron chi connectivity index (χ2n) is 8.97. The van der Waals surface area contributed by atoms with Gasteiger partial charge in [0.05, 0.1) is 22.2 Å². The highest BCUT2D eigenvalue weighted by Gasteiger charge is 2.26. The van der Waals surface area contributed by atoms with Crippen LogP contribution in [0.5, 0.6) is 0 Å². The molecule has 0 saturated heterocycles. The van der Waals surface area contributed by atoms with Gasteiger partial charge in [0, 0.05) is 24.2 Å². The molecule has 0 bridgehead atoms. The van der Waals surface area contributed by atoms with Gasteiger partial charge in [-0.2, -0.15) is 0 Å². The van der Waals surface area contributed by atoms with Crippen LogP contribution < -0.4 is 5.56 Å². The zero-order valence-electron chi connectivity index (χ0n) is 20.0. The number of carbonyl (C=O) groups excluding carboxylic acids is 3. The van der Waals surface area contributed by atoms with Crippen LogP contribution in [0.4, 0.5) is 0 Å². The number of hydrogen-bond acceptors (Lipinski definition) is 6. The predicted octanol–water partition coefficient (Wildman–Crippen LogP) is 4.09. The molecule has 0 spiro atoms. The van der Waals surface area contributed by atoms with Crippen LogP contribution in [0.15, 0.2) is 23.0 Å². The van der Waals surface area contributed by atoms with E-state index >= 15 is 0 Å². The lowest BCUT2D eigenvalue weighted by Crippen LogP contribution is -2.27. The van der Waals surface area contributed by atoms with E-state index in [4.69, 9.17) is 4.74 Å². The summed E-state index contributed by atoms with van der Waals surface area (Å²) in [6, 6.07) is 4.67. The van der Waals surface area contributed by atoms with Crippen LogP contribution in [0.1, 0.15) is 87.8 Å². The van der Waals surface area contributed by atoms with Gasteiger partial charge in [-0.3, -0.25) is 19.0 Å². The average Bonchev–Trinajstić information content (AvgIpc) is 3.08. The second kappa shape index (κ2) is 9.37. The van der Waals surface area contributed by atoms with Crippen LogP contribution in [0.3, 0.4) is 0 Å². The molecule has 2 aromatic heterocycles. The first-order valence-corrected chi connectivity index (χ1v) is 11.7. The van der Waals surface area contributed by atoms with Crippen LogP contribution in [-0.4, -0.2) is 38.2 Å². The zero-order valence-corrected chi connectivity index (χ0v) is 20.0. The minimum atomic E-state index is -1.06. The first kappa shape index (κ1) is 23.6. The Labute approximate surface area is 197 Å². The Bertz CT molecular complexity index is 1360. The quantitative estimate of drug-likeness (QED) is 0.451. The number of ketones is 2. The van der Waals surface area contributed by atoms with Crippen LogP contribution in [-0.2, 0) is 17.7 Å². The number of aryl methyl sites for hydroxylation is 2. The van der Waals surface area contributed by atoms with Crippen molar-refractivity contribution in [1.29, 1.82) is 0 Å². The molecule has 178 valence electrons. The number of esters is 1. The van der Waals surface area contributed by atoms with Crippen molar-refractivity contribution in [3.05, 3.63) is 62.5 Å². The van der Waals surface area contributed by atoms with E-state index in [2.05, 4.69) is 9.97 Å². The Balaban J connectivity index is 1.59. The van der Waals surface area contributed by atoms with Gasteiger partial charge in [-0.25, -0.2) is 9.78 Å². The lowest BCUT2D eigenvalue weighted by atomic mass is 10.0. The summed E-state index contributed by atoms with van der Waals surface area (Å²) in [5, 5.41) is 0.458. The summed E-state index contributed by atoms with van der Waals surface area (Å²) in [4.78, 5) is 58.2. The molecule has 34 heavy (non-hydrogen) atoms. The smallest absolute Gasteiger partial charge is 0.338 e. The average molecular weight is 464 g/mol. The number of aromatic nitrogens is 3. The fourth-order valence-corrected chi connectivity index (χ4v) is 4.73. The van der Waals surface area contributed by atoms with Crippen molar-refractivity contribution >= 4 is 28.4 Å². The fourth-order valence-electron chi connectivity index (χ4n) is 4.73. The van der Waals surface area contributed by atoms with Crippen LogP contribution in [0.25, 0.3) is 10.9 Å². The molecule has 1 N–H and O–H groups in total. The molecule has 1 atom stereocenters. The molecule has 8 nitrogen and oxygen atoms in total. The fraction of sp³-hybridized carbons (Fsp3) is 0.423. The molecular weight excluding hydrogens is 434 g/mol. The van der Waals surface area contributed by atoms with Gasteiger partial charge in [-0.05, 0) is 64.3 Å². The third-order valence-electron chi connectivity index (χ3n) is 6.49. The molecule has 0 saturated carbocycles. The van der Waals surface area contributed by atoms with E-state index in [0.717, 1.165) is 37.9 Å². The molecule has 1 aliphatic heterocycles. The molecule has 1 unspecified atom stereocenters. The summed E-state index contributed by atoms with van der Waals surface area (Å²) in [7, 11) is 0. The van der Waals surface area contributed by atoms with Crippen molar-refractivity contribution < 1.29 is 19.1 Å². The van der Waals surface area contributed by atoms with Gasteiger partial charge in [0.1, 0.15) is 5.82 Å². The first-order chi connectivity index (χ1) is 16.2. The van der Waals surface area contributed by atoms with Crippen LogP contribution >= 0.6 is 0 Å². The number of H-pyrrole nitrogens is 1. The van der Waals surface area contributed by atoms with E-state index in [9.17, 15) is 19.2 Å². The Kier molecular flexibility index (Phi) is 6.50. The van der Waals surface area contributed by atoms with E-state index in [1.807, 2.05) is 0 Å². The molecule has 0 amide bonds. The summed E-state index contributed by atoms with van der Waals surface area (Å²) in [5.41, 5.74) is 2.46. The molecule has 0 aliphatic carbocycles. The van der Waals surface area contributed by atoms with Gasteiger partial charge in [-0.15, -0.1) is 0 Å². The zero-order chi connectivity index (χ0) is 24.6. The minimum Gasteiger partial charge on any atom is -0.451 e. The van der Waals surface area contributed by atoms with Crippen LogP contribution in [0.2, 0.25) is 0 Å². The number of benzene rings is 1. The third kappa shape index (κ3) is 4.32. The van der Waals surface area contributed by atoms with Crippen molar-refractivity contribution in [1.82, 2.24) is 14.5 Å². The van der Waals surface area contributed by atoms with Crippen molar-refractivity contribution in [2.24, 2.45) is 0 Å². The van der Waals surface area contributed by atoms with Gasteiger partial charge < -0.3 is 9.72 Å². The Hall–Kier alpha value is -3.55. The molecule has 8 heteroatoms. The number of rotatable bonds is 5. The Morgan fingerprint density at radius 3 is 2.56 bits per heavy atom. The molecule has 3 aromatic rings. The number of aromatic amines is 1. The number of nitrogens with zero attached hydrogens (tertiary/aromatic N) is 2. The number of carbonyl (C=O) groups is 3. The normalized spacial score (nSPS) is 14.7. The second-order valence-corrected chi connectivity index (χ2v) is 8.97. The van der Waals surface area contributed by atoms with E-state index < -0.39 is 17.9 Å². The molecule has 0 radical (unpaired) electrons. The third-order valence-corrected chi connectivity index (χ3v) is 6.49. The monoisotopic (exact) mass is 463 g/mol. The molecule has 4 rings (SSSR count). The van der Waals surface area contributed by atoms with Gasteiger partial charge >= 0.3 is 5.97 Å². The maximum absolute atomic E-state index is 13.0. The van der Waals surface area contributed by atoms with Crippen molar-refractivity contribution in [2.45, 2.75) is 72.4 Å². The van der Waals surface area contributed by atoms with Crippen molar-refractivity contribution in [3.8, 4) is 0 Å². The molecule has 0 fully saturated rings. The van der Waals surface area contributed by atoms with Gasteiger partial charge in [0.2, 0.25) is 5.78 Å². The number of ether oxygens (including phenoxy) is 1. The summed E-state index contributed by atoms with van der Waals surface area (Å²) >= 11 is 0. The van der Waals surface area contributed by atoms with Crippen LogP contribution in [0, 0.1) is 13.8 Å². The Morgan fingerprint density at radius 1 is 1.12 bits per heavy atom. The number of hydrogen-bond donors (Lipinski definition) is 1. The van der Waals surface area contributed by atoms with E-state index in [0.29, 0.717) is 34.3 Å². The molecular formula is C26H29N3O5. The summed E-state index contributed by atoms with van der Waals surface area (Å²) in [5.74, 6) is -0.489. The predicted molar refractivity (Wildman–Crippen MR) is 128 cm³/mol. The lowest BCUT2D eigenvalue weighted by Gasteiger charge is -2.16. The SMILES string of the molecule is CC(=O)c1c(C)[nH]c(C(=O)C(C)OC(=O)c2ccc3c(=O)n4c(nc3c2)CCCCCC4)c1C. The summed E-state index contributed by atoms with van der Waals surface area (Å²) < 4.78 is 7.19. The summed E-state index contributed by atoms with van der Waals surface area (Å²) in [6.45, 7) is 7.02. The van der Waals surface area contributed by atoms with E-state index in [1.165, 1.54) is 19.9 Å². The minimum absolute atomic E-state index is 0.0933. The maximum atomic E-state index is 13.0. The topological polar surface area (TPSA) is 111 Å². The number of fused-ring (bicyclic) bond motifs is 2. The van der Waals surface area contributed by atoms with Gasteiger partial charge in [-0.1, -0.05) is 12.8 Å². The van der Waals surface area contributed by atoms with E-state index in [1.54, 1.807) is 30.5 Å². The molecule has 1 aliphatic rings. The molecule has 1 aromatic carbocycles. The lowest BCUT2D eigenvalue weighted by molar-refractivity contribution is 0.0317. The number of Topliss-reactive ketones (excluding diaryl/α,β-unsaturated/α-hetero) is 2. The van der Waals surface area contributed by atoms with E-state index in [-0.39, 0.29) is 22.6 Å². The van der Waals surface area contributed by atoms with Gasteiger partial charge in [0.15, 0.2) is 11.9 Å². The van der Waals surface area contributed by atoms with Crippen molar-refractivity contribution in [2.75, 3.05) is 0 Å². The highest BCUT2D eigenvalue weighted by Crippen LogP contribution is 2.21. The number of nitrogens with one attached hydrogen (secondary N) is 1. The molecule has 3 heterocycles. The standard InChI is InChI=1S/C26H29N3O5/c1-14-22(16(3)30)15(2)27-23(14)24(31)17(4)34-26(33)18-10-11-19-20(13-18)28-21-9-7-5-6-8-12-29(21)25(19)32/h10-11,13,17,27H,5-9,12H2,1-4H3. The highest BCUT2D eigenvalue weighted by molar-refractivity contribution is 6.05. The first-order valence-electron chi connectivity index (χ1n) is 11.7. The van der Waals surface area contributed by atoms with Crippen molar-refractivity contribution in [3.63, 3.8) is 0 Å². The largest absolute Gasteiger partial charge is 0.451 e. The van der Waals surface area contributed by atoms with Gasteiger partial charge in [0.25, 0.3) is 5.56 Å². The maximum Gasteiger partial charge on any atom is 0.338 e. The Morgan fingerprint density at radius 2 is 1.85 bits per heavy atom.